The largest absolute Gasteiger partial charge is 0.469 e. The summed E-state index contributed by atoms with van der Waals surface area (Å²) in [6.07, 6.45) is 7.42. The third-order valence-electron chi connectivity index (χ3n) is 10.9. The Kier molecular flexibility index (Phi) is 10.3. The summed E-state index contributed by atoms with van der Waals surface area (Å²) in [6, 6.07) is 13.9. The minimum Gasteiger partial charge on any atom is -0.469 e. The van der Waals surface area contributed by atoms with Gasteiger partial charge in [0, 0.05) is 30.3 Å². The predicted octanol–water partition coefficient (Wildman–Crippen LogP) is 5.89. The molecule has 2 aliphatic heterocycles. The lowest BCUT2D eigenvalue weighted by molar-refractivity contribution is -0.146. The molecule has 0 saturated carbocycles. The van der Waals surface area contributed by atoms with Crippen LogP contribution >= 0.6 is 0 Å². The average molecular weight is 722 g/mol. The fourth-order valence-electron chi connectivity index (χ4n) is 8.03. The number of ether oxygens (including phenoxy) is 2. The van der Waals surface area contributed by atoms with Crippen molar-refractivity contribution in [2.75, 3.05) is 27.3 Å². The summed E-state index contributed by atoms with van der Waals surface area (Å²) in [5.41, 5.74) is 8.53. The summed E-state index contributed by atoms with van der Waals surface area (Å²) in [5, 5.41) is 2.57. The number of alkyl carbamates (subject to hydrolysis) is 1. The minimum absolute atomic E-state index is 0.0398. The summed E-state index contributed by atoms with van der Waals surface area (Å²) in [4.78, 5) is 70.4. The lowest BCUT2D eigenvalue weighted by atomic mass is 9.95. The maximum Gasteiger partial charge on any atom is 0.407 e. The van der Waals surface area contributed by atoms with Gasteiger partial charge < -0.3 is 34.6 Å². The molecule has 0 unspecified atom stereocenters. The molecule has 4 heterocycles. The number of benzene rings is 2. The number of imidazole rings is 2. The third-order valence-corrected chi connectivity index (χ3v) is 10.9. The van der Waals surface area contributed by atoms with Crippen LogP contribution in [-0.2, 0) is 36.7 Å². The first-order valence-corrected chi connectivity index (χ1v) is 18.5. The quantitative estimate of drug-likeness (QED) is 0.180. The van der Waals surface area contributed by atoms with Gasteiger partial charge in [0.2, 0.25) is 11.8 Å². The number of methoxy groups -OCH3 is 2. The number of aromatic nitrogens is 4. The van der Waals surface area contributed by atoms with Crippen molar-refractivity contribution >= 4 is 23.9 Å². The topological polar surface area (TPSA) is 163 Å². The van der Waals surface area contributed by atoms with Crippen molar-refractivity contribution in [2.24, 2.45) is 5.92 Å². The number of aryl methyl sites for hydroxylation is 2. The zero-order valence-electron chi connectivity index (χ0n) is 30.7. The first-order chi connectivity index (χ1) is 25.6. The van der Waals surface area contributed by atoms with E-state index in [1.54, 1.807) is 18.7 Å². The summed E-state index contributed by atoms with van der Waals surface area (Å²) < 4.78 is 9.45. The van der Waals surface area contributed by atoms with Crippen LogP contribution in [0.25, 0.3) is 33.6 Å². The van der Waals surface area contributed by atoms with Crippen LogP contribution in [0.5, 0.6) is 0 Å². The Morgan fingerprint density at radius 1 is 0.830 bits per heavy atom. The summed E-state index contributed by atoms with van der Waals surface area (Å²) in [7, 11) is 2.62. The van der Waals surface area contributed by atoms with Gasteiger partial charge in [-0.25, -0.2) is 14.8 Å². The van der Waals surface area contributed by atoms with E-state index in [1.807, 2.05) is 11.1 Å². The molecule has 13 heteroatoms. The molecule has 4 aromatic rings. The highest BCUT2D eigenvalue weighted by atomic mass is 16.5. The number of amides is 3. The Bertz CT molecular complexity index is 2000. The summed E-state index contributed by atoms with van der Waals surface area (Å²) in [6.45, 7) is 4.70. The van der Waals surface area contributed by atoms with Gasteiger partial charge >= 0.3 is 12.1 Å². The molecule has 2 aromatic carbocycles. The van der Waals surface area contributed by atoms with Crippen molar-refractivity contribution in [3.63, 3.8) is 0 Å². The molecule has 53 heavy (non-hydrogen) atoms. The monoisotopic (exact) mass is 721 g/mol. The molecule has 0 bridgehead atoms. The Morgan fingerprint density at radius 3 is 2.23 bits per heavy atom. The van der Waals surface area contributed by atoms with E-state index in [0.29, 0.717) is 13.1 Å². The number of aromatic amines is 2. The molecule has 1 aliphatic carbocycles. The van der Waals surface area contributed by atoms with Crippen LogP contribution in [-0.4, -0.2) is 87.0 Å². The highest BCUT2D eigenvalue weighted by molar-refractivity contribution is 5.86. The standard InChI is InChI=1S/C40H47N7O6/c1-23(20-34(48)52-3)38(49)46-18-7-11-33(46)37-43-30-9-5-8-28-21-27(16-17-29(28)35(30)45-37)25-12-14-26(15-13-25)31-22-41-36(44-31)32-10-6-19-47(32)39(50)24(2)42-40(51)53-4/h12-17,21-24,32-33H,5-11,18-20H2,1-4H3,(H,41,44)(H,42,51)(H,43,45)/t23-,24+,32+,33+/m1/s1. The van der Waals surface area contributed by atoms with Crippen LogP contribution < -0.4 is 5.32 Å². The normalized spacial score (nSPS) is 19.2. The molecular weight excluding hydrogens is 674 g/mol. The van der Waals surface area contributed by atoms with Gasteiger partial charge in [-0.05, 0) is 74.1 Å². The van der Waals surface area contributed by atoms with Gasteiger partial charge in [0.25, 0.3) is 0 Å². The molecule has 4 atom stereocenters. The molecule has 7 rings (SSSR count). The first kappa shape index (κ1) is 35.9. The predicted molar refractivity (Wildman–Crippen MR) is 197 cm³/mol. The smallest absolute Gasteiger partial charge is 0.407 e. The van der Waals surface area contributed by atoms with Gasteiger partial charge in [0.05, 0.1) is 50.3 Å². The van der Waals surface area contributed by atoms with Crippen LogP contribution in [0, 0.1) is 5.92 Å². The van der Waals surface area contributed by atoms with Crippen molar-refractivity contribution < 1.29 is 28.7 Å². The Labute approximate surface area is 308 Å². The van der Waals surface area contributed by atoms with E-state index < -0.39 is 18.1 Å². The molecule has 2 fully saturated rings. The van der Waals surface area contributed by atoms with Crippen LogP contribution in [0.1, 0.15) is 87.4 Å². The maximum absolute atomic E-state index is 13.3. The second kappa shape index (κ2) is 15.3. The van der Waals surface area contributed by atoms with E-state index >= 15 is 0 Å². The van der Waals surface area contributed by atoms with Crippen LogP contribution in [0.2, 0.25) is 0 Å². The number of hydrogen-bond acceptors (Lipinski definition) is 8. The molecule has 278 valence electrons. The Hall–Kier alpha value is -5.46. The average Bonchev–Trinajstić information content (AvgIpc) is 4.00. The molecule has 13 nitrogen and oxygen atoms in total. The first-order valence-electron chi connectivity index (χ1n) is 18.5. The van der Waals surface area contributed by atoms with Gasteiger partial charge in [-0.3, -0.25) is 14.4 Å². The van der Waals surface area contributed by atoms with Crippen LogP contribution in [0.4, 0.5) is 4.79 Å². The molecule has 3 N–H and O–H groups in total. The Balaban J connectivity index is 1.05. The fourth-order valence-corrected chi connectivity index (χ4v) is 8.03. The summed E-state index contributed by atoms with van der Waals surface area (Å²) >= 11 is 0. The number of hydrogen-bond donors (Lipinski definition) is 3. The van der Waals surface area contributed by atoms with Gasteiger partial charge in [0.1, 0.15) is 17.7 Å². The lowest BCUT2D eigenvalue weighted by Gasteiger charge is -2.26. The van der Waals surface area contributed by atoms with Crippen molar-refractivity contribution in [1.29, 1.82) is 0 Å². The third kappa shape index (κ3) is 7.29. The number of fused-ring (bicyclic) bond motifs is 3. The number of carbonyl (C=O) groups excluding carboxylic acids is 4. The number of nitrogens with one attached hydrogen (secondary N) is 3. The second-order valence-electron chi connectivity index (χ2n) is 14.4. The molecule has 0 radical (unpaired) electrons. The molecule has 2 aromatic heterocycles. The van der Waals surface area contributed by atoms with Crippen molar-refractivity contribution in [2.45, 2.75) is 83.3 Å². The van der Waals surface area contributed by atoms with E-state index in [1.165, 1.54) is 19.8 Å². The number of nitrogens with zero attached hydrogens (tertiary/aromatic N) is 4. The zero-order valence-corrected chi connectivity index (χ0v) is 30.7. The number of H-pyrrole nitrogens is 2. The highest BCUT2D eigenvalue weighted by Gasteiger charge is 2.37. The Morgan fingerprint density at radius 2 is 1.51 bits per heavy atom. The molecule has 2 saturated heterocycles. The van der Waals surface area contributed by atoms with E-state index in [0.717, 1.165) is 95.9 Å². The maximum atomic E-state index is 13.3. The molecular formula is C40H47N7O6. The molecule has 3 aliphatic rings. The number of carbonyl (C=O) groups is 4. The highest BCUT2D eigenvalue weighted by Crippen LogP contribution is 2.39. The van der Waals surface area contributed by atoms with Crippen LogP contribution in [0.3, 0.4) is 0 Å². The zero-order chi connectivity index (χ0) is 37.2. The minimum atomic E-state index is -0.702. The summed E-state index contributed by atoms with van der Waals surface area (Å²) in [5.74, 6) is 0.512. The fraction of sp³-hybridized carbons (Fsp3) is 0.450. The molecule has 0 spiro atoms. The van der Waals surface area contributed by atoms with Gasteiger partial charge in [-0.15, -0.1) is 0 Å². The van der Waals surface area contributed by atoms with E-state index in [2.05, 4.69) is 67.5 Å². The van der Waals surface area contributed by atoms with Crippen molar-refractivity contribution in [3.8, 4) is 33.6 Å². The van der Waals surface area contributed by atoms with E-state index in [4.69, 9.17) is 9.72 Å². The van der Waals surface area contributed by atoms with Gasteiger partial charge in [-0.2, -0.15) is 0 Å². The van der Waals surface area contributed by atoms with Crippen molar-refractivity contribution in [3.05, 3.63) is 71.6 Å². The number of likely N-dealkylation sites (tertiary alicyclic amines) is 2. The van der Waals surface area contributed by atoms with Crippen molar-refractivity contribution in [1.82, 2.24) is 35.1 Å². The van der Waals surface area contributed by atoms with Crippen LogP contribution in [0.15, 0.2) is 48.7 Å². The lowest BCUT2D eigenvalue weighted by Crippen LogP contribution is -2.46. The van der Waals surface area contributed by atoms with E-state index in [-0.39, 0.29) is 36.3 Å². The SMILES string of the molecule is COC(=O)C[C@@H](C)C(=O)N1CCC[C@H]1c1nc2c([nH]1)CCCc1cc(-c3ccc(-c4cnc([C@@H]5CCCN5C(=O)[C@H](C)NC(=O)OC)[nH]4)cc3)ccc1-2. The van der Waals surface area contributed by atoms with Gasteiger partial charge in [0.15, 0.2) is 0 Å². The second-order valence-corrected chi connectivity index (χ2v) is 14.4. The molecule has 3 amide bonds. The number of esters is 1. The van der Waals surface area contributed by atoms with E-state index in [9.17, 15) is 19.2 Å². The van der Waals surface area contributed by atoms with Gasteiger partial charge in [-0.1, -0.05) is 49.4 Å². The number of rotatable bonds is 9.